The molecule has 8 rings (SSSR count). The van der Waals surface area contributed by atoms with Crippen molar-refractivity contribution < 1.29 is 44.6 Å². The van der Waals surface area contributed by atoms with E-state index in [-0.39, 0.29) is 48.0 Å². The normalized spacial score (nSPS) is 12.4. The third-order valence-electron chi connectivity index (χ3n) is 10.3. The Morgan fingerprint density at radius 1 is 0.543 bits per heavy atom. The summed E-state index contributed by atoms with van der Waals surface area (Å²) in [7, 11) is 1.41. The van der Waals surface area contributed by atoms with Gasteiger partial charge in [0.25, 0.3) is 0 Å². The number of methoxy groups -OCH3 is 4. The summed E-state index contributed by atoms with van der Waals surface area (Å²) in [5.74, 6) is 1.08. The van der Waals surface area contributed by atoms with Crippen LogP contribution in [0.1, 0.15) is 25.5 Å². The Morgan fingerprint density at radius 3 is 1.16 bits per heavy atom. The largest absolute Gasteiger partial charge is 0.494 e. The van der Waals surface area contributed by atoms with Crippen LogP contribution in [0, 0.1) is 11.6 Å². The Hall–Kier alpha value is -8.14. The number of rotatable bonds is 18. The lowest BCUT2D eigenvalue weighted by Crippen LogP contribution is -2.29. The summed E-state index contributed by atoms with van der Waals surface area (Å²) in [6.45, 7) is 2.97. The number of aromatic nitrogens is 14. The summed E-state index contributed by atoms with van der Waals surface area (Å²) in [6.07, 6.45) is 7.30. The van der Waals surface area contributed by atoms with E-state index in [9.17, 15) is 25.6 Å². The van der Waals surface area contributed by atoms with Crippen LogP contribution in [0.3, 0.4) is 0 Å². The smallest absolute Gasteiger partial charge is 0.243 e. The lowest BCUT2D eigenvalue weighted by Gasteiger charge is -2.18. The molecule has 368 valence electrons. The molecule has 0 saturated heterocycles. The van der Waals surface area contributed by atoms with Crippen LogP contribution < -0.4 is 28.4 Å². The molecule has 0 unspecified atom stereocenters. The van der Waals surface area contributed by atoms with E-state index >= 15 is 0 Å². The van der Waals surface area contributed by atoms with E-state index in [0.29, 0.717) is 45.8 Å². The van der Waals surface area contributed by atoms with Crippen molar-refractivity contribution in [3.05, 3.63) is 109 Å². The van der Waals surface area contributed by atoms with Crippen LogP contribution in [0.25, 0.3) is 34.4 Å². The van der Waals surface area contributed by atoms with Gasteiger partial charge in [-0.15, -0.1) is 20.4 Å². The lowest BCUT2D eigenvalue weighted by molar-refractivity contribution is 0.391. The van der Waals surface area contributed by atoms with Crippen molar-refractivity contribution in [3.8, 4) is 57.4 Å². The van der Waals surface area contributed by atoms with E-state index in [4.69, 9.17) is 18.9 Å². The Morgan fingerprint density at radius 2 is 0.871 bits per heavy atom. The molecule has 6 heterocycles. The van der Waals surface area contributed by atoms with Crippen molar-refractivity contribution in [3.63, 3.8) is 0 Å². The first kappa shape index (κ1) is 49.8. The minimum atomic E-state index is -4.01. The molecule has 0 aliphatic heterocycles. The number of hydrogen-bond acceptors (Lipinski definition) is 18. The molecule has 0 saturated carbocycles. The second-order valence-electron chi connectivity index (χ2n) is 15.1. The SMILES string of the molecule is COc1cccc(OC)c1-n1c(NS(=O)(=O)[C@@H](C)Cc2ncc(F)cn2)nnc1-c1ccn(C)n1.COc1cccc(OC)c1-n1c(NS(=O)(=O)[C@H](C)Cc2ncc(F)cn2)nnc1-c1ccn(C)n1. The van der Waals surface area contributed by atoms with Gasteiger partial charge in [0.05, 0.1) is 63.7 Å². The molecule has 0 radical (unpaired) electrons. The van der Waals surface area contributed by atoms with Crippen LogP contribution in [0.15, 0.2) is 85.7 Å². The summed E-state index contributed by atoms with van der Waals surface area (Å²) >= 11 is 0. The fraction of sp³-hybridized carbons (Fsp3) is 0.286. The zero-order chi connectivity index (χ0) is 50.3. The van der Waals surface area contributed by atoms with Crippen LogP contribution in [-0.2, 0) is 47.0 Å². The van der Waals surface area contributed by atoms with Crippen LogP contribution in [0.2, 0.25) is 0 Å². The zero-order valence-electron chi connectivity index (χ0n) is 38.8. The van der Waals surface area contributed by atoms with Crippen molar-refractivity contribution in [1.29, 1.82) is 0 Å². The number of nitrogens with one attached hydrogen (secondary N) is 2. The molecule has 0 bridgehead atoms. The highest BCUT2D eigenvalue weighted by atomic mass is 32.2. The number of anilines is 2. The molecule has 0 spiro atoms. The molecule has 28 heteroatoms. The minimum absolute atomic E-state index is 0.0468. The number of sulfonamides is 2. The maximum absolute atomic E-state index is 13.2. The summed E-state index contributed by atoms with van der Waals surface area (Å²) < 4.78 is 112. The highest BCUT2D eigenvalue weighted by Gasteiger charge is 2.31. The van der Waals surface area contributed by atoms with Gasteiger partial charge in [0.2, 0.25) is 31.9 Å². The molecule has 2 atom stereocenters. The topological polar surface area (TPSA) is 278 Å². The second kappa shape index (κ2) is 21.0. The molecule has 0 aliphatic carbocycles. The summed E-state index contributed by atoms with van der Waals surface area (Å²) in [5, 5.41) is 23.4. The van der Waals surface area contributed by atoms with Crippen LogP contribution in [-0.4, -0.2) is 125 Å². The highest BCUT2D eigenvalue weighted by Crippen LogP contribution is 2.39. The van der Waals surface area contributed by atoms with Gasteiger partial charge in [-0.25, -0.2) is 45.6 Å². The van der Waals surface area contributed by atoms with E-state index in [0.717, 1.165) is 24.8 Å². The number of ether oxygens (including phenoxy) is 4. The number of hydrogen-bond donors (Lipinski definition) is 2. The number of para-hydroxylation sites is 2. The molecule has 0 amide bonds. The summed E-state index contributed by atoms with van der Waals surface area (Å²) in [5.41, 5.74) is 1.67. The molecule has 70 heavy (non-hydrogen) atoms. The average molecular weight is 1010 g/mol. The third kappa shape index (κ3) is 10.9. The Bertz CT molecular complexity index is 3050. The predicted molar refractivity (Wildman–Crippen MR) is 249 cm³/mol. The number of halogens is 2. The number of benzene rings is 2. The molecular formula is C42H46F2N16O8S2. The van der Waals surface area contributed by atoms with Crippen molar-refractivity contribution in [2.24, 2.45) is 14.1 Å². The first-order valence-electron chi connectivity index (χ1n) is 20.8. The molecular weight excluding hydrogens is 959 g/mol. The maximum Gasteiger partial charge on any atom is 0.243 e. The van der Waals surface area contributed by atoms with E-state index in [1.54, 1.807) is 84.4 Å². The van der Waals surface area contributed by atoms with Gasteiger partial charge < -0.3 is 18.9 Å². The first-order chi connectivity index (χ1) is 33.5. The molecule has 8 aromatic rings. The van der Waals surface area contributed by atoms with Gasteiger partial charge in [-0.05, 0) is 50.2 Å². The highest BCUT2D eigenvalue weighted by molar-refractivity contribution is 7.93. The van der Waals surface area contributed by atoms with E-state index < -0.39 is 42.2 Å². The molecule has 2 N–H and O–H groups in total. The third-order valence-corrected chi connectivity index (χ3v) is 13.7. The number of aryl methyl sites for hydroxylation is 2. The second-order valence-corrected chi connectivity index (χ2v) is 19.3. The monoisotopic (exact) mass is 1000 g/mol. The average Bonchev–Trinajstić information content (AvgIpc) is 4.17. The summed E-state index contributed by atoms with van der Waals surface area (Å²) in [6, 6.07) is 13.7. The molecule has 0 aliphatic rings. The fourth-order valence-electron chi connectivity index (χ4n) is 6.71. The Labute approximate surface area is 399 Å². The van der Waals surface area contributed by atoms with Crippen molar-refractivity contribution in [2.75, 3.05) is 37.9 Å². The number of nitrogens with zero attached hydrogens (tertiary/aromatic N) is 14. The van der Waals surface area contributed by atoms with Gasteiger partial charge in [0, 0.05) is 39.3 Å². The van der Waals surface area contributed by atoms with Crippen LogP contribution in [0.5, 0.6) is 23.0 Å². The molecule has 2 aromatic carbocycles. The Balaban J connectivity index is 0.000000206. The predicted octanol–water partition coefficient (Wildman–Crippen LogP) is 3.97. The van der Waals surface area contributed by atoms with Gasteiger partial charge in [-0.1, -0.05) is 12.1 Å². The zero-order valence-corrected chi connectivity index (χ0v) is 40.4. The minimum Gasteiger partial charge on any atom is -0.494 e. The van der Waals surface area contributed by atoms with Gasteiger partial charge in [0.15, 0.2) is 23.3 Å². The van der Waals surface area contributed by atoms with E-state index in [1.807, 2.05) is 0 Å². The Kier molecular flexibility index (Phi) is 14.9. The molecule has 0 fully saturated rings. The van der Waals surface area contributed by atoms with Crippen molar-refractivity contribution in [1.82, 2.24) is 69.0 Å². The standard InChI is InChI=1S/2C21H23FN8O4S/c2*1-13(10-18-23-11-14(22)12-24-18)35(31,32)28-21-26-25-20(15-8-9-29(2)27-15)30(21)19-16(33-3)6-5-7-17(19)34-4/h2*5-9,11-13H,10H2,1-4H3,(H,26,28)/t2*13-/m10/s1. The van der Waals surface area contributed by atoms with Crippen LogP contribution in [0.4, 0.5) is 20.7 Å². The lowest BCUT2D eigenvalue weighted by atomic mass is 10.2. The fourth-order valence-corrected chi connectivity index (χ4v) is 8.62. The quantitative estimate of drug-likeness (QED) is 0.123. The summed E-state index contributed by atoms with van der Waals surface area (Å²) in [4.78, 5) is 15.4. The van der Waals surface area contributed by atoms with E-state index in [2.05, 4.69) is 60.0 Å². The van der Waals surface area contributed by atoms with Gasteiger partial charge >= 0.3 is 0 Å². The van der Waals surface area contributed by atoms with Crippen molar-refractivity contribution >= 4 is 31.9 Å². The van der Waals surface area contributed by atoms with E-state index in [1.165, 1.54) is 51.4 Å². The van der Waals surface area contributed by atoms with Crippen molar-refractivity contribution in [2.45, 2.75) is 37.2 Å². The molecule has 6 aromatic heterocycles. The van der Waals surface area contributed by atoms with Crippen LogP contribution >= 0.6 is 0 Å². The van der Waals surface area contributed by atoms with Gasteiger partial charge in [0.1, 0.15) is 57.4 Å². The van der Waals surface area contributed by atoms with Gasteiger partial charge in [-0.3, -0.25) is 27.9 Å². The first-order valence-corrected chi connectivity index (χ1v) is 23.9. The maximum atomic E-state index is 13.2. The molecule has 24 nitrogen and oxygen atoms in total. The van der Waals surface area contributed by atoms with Gasteiger partial charge in [-0.2, -0.15) is 10.2 Å².